The van der Waals surface area contributed by atoms with E-state index in [0.717, 1.165) is 20.1 Å². The van der Waals surface area contributed by atoms with Crippen molar-refractivity contribution in [1.82, 2.24) is 5.43 Å². The van der Waals surface area contributed by atoms with Crippen LogP contribution in [0.3, 0.4) is 0 Å². The summed E-state index contributed by atoms with van der Waals surface area (Å²) < 4.78 is 12.5. The molecule has 0 unspecified atom stereocenters. The summed E-state index contributed by atoms with van der Waals surface area (Å²) in [6.07, 6.45) is 1.54. The standard InChI is InChI=1S/C19H16BrClN2O3S/c1-3-26-15-7-4-12(20)8-11(15)10-22-23-19(24)18-17(21)14-6-5-13(25-2)9-16(14)27-18/h4-10H,3H2,1-2H3,(H,23,24). The highest BCUT2D eigenvalue weighted by molar-refractivity contribution is 9.10. The van der Waals surface area contributed by atoms with Crippen molar-refractivity contribution in [2.75, 3.05) is 13.7 Å². The number of ether oxygens (including phenoxy) is 2. The number of nitrogens with zero attached hydrogens (tertiary/aromatic N) is 1. The maximum absolute atomic E-state index is 12.5. The van der Waals surface area contributed by atoms with Gasteiger partial charge in [0.1, 0.15) is 16.4 Å². The van der Waals surface area contributed by atoms with Crippen LogP contribution in [-0.2, 0) is 0 Å². The van der Waals surface area contributed by atoms with Crippen LogP contribution in [0.4, 0.5) is 0 Å². The Balaban J connectivity index is 1.80. The average Bonchev–Trinajstić information content (AvgIpc) is 3.00. The summed E-state index contributed by atoms with van der Waals surface area (Å²) >= 11 is 11.1. The van der Waals surface area contributed by atoms with E-state index in [1.54, 1.807) is 7.11 Å². The van der Waals surface area contributed by atoms with E-state index in [0.29, 0.717) is 28.0 Å². The summed E-state index contributed by atoms with van der Waals surface area (Å²) in [7, 11) is 1.59. The number of thiophene rings is 1. The van der Waals surface area contributed by atoms with E-state index in [4.69, 9.17) is 21.1 Å². The molecule has 0 aliphatic carbocycles. The number of methoxy groups -OCH3 is 1. The van der Waals surface area contributed by atoms with E-state index < -0.39 is 0 Å². The Labute approximate surface area is 174 Å². The number of fused-ring (bicyclic) bond motifs is 1. The Kier molecular flexibility index (Phi) is 6.36. The molecule has 5 nitrogen and oxygen atoms in total. The van der Waals surface area contributed by atoms with E-state index in [9.17, 15) is 4.79 Å². The SMILES string of the molecule is CCOc1ccc(Br)cc1C=NNC(=O)c1sc2cc(OC)ccc2c1Cl. The lowest BCUT2D eigenvalue weighted by Crippen LogP contribution is -2.16. The van der Waals surface area contributed by atoms with Gasteiger partial charge in [0.2, 0.25) is 0 Å². The predicted molar refractivity (Wildman–Crippen MR) is 114 cm³/mol. The second-order valence-electron chi connectivity index (χ2n) is 5.42. The molecule has 0 saturated carbocycles. The minimum atomic E-state index is -0.371. The van der Waals surface area contributed by atoms with Gasteiger partial charge in [0.15, 0.2) is 0 Å². The van der Waals surface area contributed by atoms with Crippen LogP contribution in [0.1, 0.15) is 22.2 Å². The van der Waals surface area contributed by atoms with Crippen LogP contribution in [0.2, 0.25) is 5.02 Å². The highest BCUT2D eigenvalue weighted by Crippen LogP contribution is 2.37. The maximum atomic E-state index is 12.5. The summed E-state index contributed by atoms with van der Waals surface area (Å²) in [5.74, 6) is 1.03. The Bertz CT molecular complexity index is 1020. The van der Waals surface area contributed by atoms with Crippen molar-refractivity contribution in [3.63, 3.8) is 0 Å². The Hall–Kier alpha value is -2.09. The number of rotatable bonds is 6. The van der Waals surface area contributed by atoms with Crippen LogP contribution in [0.25, 0.3) is 10.1 Å². The minimum absolute atomic E-state index is 0.371. The third kappa shape index (κ3) is 4.43. The van der Waals surface area contributed by atoms with Gasteiger partial charge in [-0.15, -0.1) is 11.3 Å². The molecular formula is C19H16BrClN2O3S. The van der Waals surface area contributed by atoms with Gasteiger partial charge in [-0.3, -0.25) is 4.79 Å². The molecule has 1 heterocycles. The van der Waals surface area contributed by atoms with Crippen LogP contribution in [0.5, 0.6) is 11.5 Å². The molecule has 0 spiro atoms. The normalized spacial score (nSPS) is 11.1. The highest BCUT2D eigenvalue weighted by atomic mass is 79.9. The molecular weight excluding hydrogens is 452 g/mol. The summed E-state index contributed by atoms with van der Waals surface area (Å²) in [4.78, 5) is 12.9. The molecule has 3 aromatic rings. The van der Waals surface area contributed by atoms with Gasteiger partial charge in [-0.05, 0) is 43.3 Å². The third-order valence-electron chi connectivity index (χ3n) is 3.68. The molecule has 3 rings (SSSR count). The van der Waals surface area contributed by atoms with E-state index in [-0.39, 0.29) is 5.91 Å². The van der Waals surface area contributed by atoms with E-state index in [1.165, 1.54) is 17.6 Å². The Morgan fingerprint density at radius 1 is 1.33 bits per heavy atom. The number of carbonyl (C=O) groups is 1. The molecule has 0 bridgehead atoms. The summed E-state index contributed by atoms with van der Waals surface area (Å²) in [5.41, 5.74) is 3.27. The van der Waals surface area contributed by atoms with Crippen LogP contribution in [0.15, 0.2) is 46.0 Å². The lowest BCUT2D eigenvalue weighted by molar-refractivity contribution is 0.0959. The van der Waals surface area contributed by atoms with Crippen LogP contribution in [0, 0.1) is 0 Å². The lowest BCUT2D eigenvalue weighted by atomic mass is 10.2. The average molecular weight is 468 g/mol. The van der Waals surface area contributed by atoms with Gasteiger partial charge < -0.3 is 9.47 Å². The zero-order chi connectivity index (χ0) is 19.4. The molecule has 8 heteroatoms. The van der Waals surface area contributed by atoms with E-state index in [1.807, 2.05) is 43.3 Å². The van der Waals surface area contributed by atoms with E-state index in [2.05, 4.69) is 26.5 Å². The molecule has 0 aliphatic heterocycles. The van der Waals surface area contributed by atoms with Crippen LogP contribution in [-0.4, -0.2) is 25.8 Å². The summed E-state index contributed by atoms with van der Waals surface area (Å²) in [5, 5.41) is 5.26. The highest BCUT2D eigenvalue weighted by Gasteiger charge is 2.17. The summed E-state index contributed by atoms with van der Waals surface area (Å²) in [6.45, 7) is 2.44. The number of hydrogen-bond donors (Lipinski definition) is 1. The fraction of sp³-hybridized carbons (Fsp3) is 0.158. The number of hydrogen-bond acceptors (Lipinski definition) is 5. The Morgan fingerprint density at radius 3 is 2.89 bits per heavy atom. The molecule has 0 atom stereocenters. The van der Waals surface area contributed by atoms with Crippen molar-refractivity contribution in [2.45, 2.75) is 6.92 Å². The van der Waals surface area contributed by atoms with Gasteiger partial charge in [0, 0.05) is 20.1 Å². The first kappa shape index (κ1) is 19.7. The Morgan fingerprint density at radius 2 is 2.15 bits per heavy atom. The number of carbonyl (C=O) groups excluding carboxylic acids is 1. The predicted octanol–water partition coefficient (Wildman–Crippen LogP) is 5.49. The molecule has 0 saturated heterocycles. The van der Waals surface area contributed by atoms with Crippen molar-refractivity contribution in [3.05, 3.63) is 56.3 Å². The van der Waals surface area contributed by atoms with Crippen molar-refractivity contribution >= 4 is 61.1 Å². The fourth-order valence-electron chi connectivity index (χ4n) is 2.44. The third-order valence-corrected chi connectivity index (χ3v) is 5.83. The molecule has 27 heavy (non-hydrogen) atoms. The zero-order valence-corrected chi connectivity index (χ0v) is 17.7. The van der Waals surface area contributed by atoms with Gasteiger partial charge >= 0.3 is 0 Å². The van der Waals surface area contributed by atoms with Crippen molar-refractivity contribution < 1.29 is 14.3 Å². The molecule has 1 N–H and O–H groups in total. The second-order valence-corrected chi connectivity index (χ2v) is 7.77. The van der Waals surface area contributed by atoms with Crippen LogP contribution < -0.4 is 14.9 Å². The lowest BCUT2D eigenvalue weighted by Gasteiger charge is -2.07. The van der Waals surface area contributed by atoms with Gasteiger partial charge in [-0.2, -0.15) is 5.10 Å². The molecule has 0 fully saturated rings. The molecule has 1 amide bonds. The zero-order valence-electron chi connectivity index (χ0n) is 14.6. The largest absolute Gasteiger partial charge is 0.497 e. The second kappa shape index (κ2) is 8.73. The first-order valence-electron chi connectivity index (χ1n) is 8.05. The number of amides is 1. The number of nitrogens with one attached hydrogen (secondary N) is 1. The summed E-state index contributed by atoms with van der Waals surface area (Å²) in [6, 6.07) is 11.1. The topological polar surface area (TPSA) is 59.9 Å². The number of benzene rings is 2. The van der Waals surface area contributed by atoms with Gasteiger partial charge in [0.25, 0.3) is 5.91 Å². The molecule has 0 radical (unpaired) electrons. The van der Waals surface area contributed by atoms with Gasteiger partial charge in [0.05, 0.1) is 25.0 Å². The van der Waals surface area contributed by atoms with Gasteiger partial charge in [-0.25, -0.2) is 5.43 Å². The van der Waals surface area contributed by atoms with Crippen LogP contribution >= 0.6 is 38.9 Å². The molecule has 140 valence electrons. The van der Waals surface area contributed by atoms with Crippen molar-refractivity contribution in [2.24, 2.45) is 5.10 Å². The van der Waals surface area contributed by atoms with E-state index >= 15 is 0 Å². The first-order chi connectivity index (χ1) is 13.0. The monoisotopic (exact) mass is 466 g/mol. The quantitative estimate of drug-likeness (QED) is 0.385. The first-order valence-corrected chi connectivity index (χ1v) is 10.0. The minimum Gasteiger partial charge on any atom is -0.497 e. The van der Waals surface area contributed by atoms with Crippen molar-refractivity contribution in [3.8, 4) is 11.5 Å². The number of hydrazone groups is 1. The molecule has 0 aliphatic rings. The number of halogens is 2. The smallest absolute Gasteiger partial charge is 0.283 e. The molecule has 2 aromatic carbocycles. The maximum Gasteiger partial charge on any atom is 0.283 e. The van der Waals surface area contributed by atoms with Crippen molar-refractivity contribution in [1.29, 1.82) is 0 Å². The van der Waals surface area contributed by atoms with Gasteiger partial charge in [-0.1, -0.05) is 27.5 Å². The fourth-order valence-corrected chi connectivity index (χ4v) is 4.25. The molecule has 1 aromatic heterocycles.